The van der Waals surface area contributed by atoms with Gasteiger partial charge in [0.1, 0.15) is 0 Å². The molecule has 1 fully saturated rings. The summed E-state index contributed by atoms with van der Waals surface area (Å²) in [4.78, 5) is 30.4. The highest BCUT2D eigenvalue weighted by Crippen LogP contribution is 2.31. The van der Waals surface area contributed by atoms with Gasteiger partial charge in [-0.25, -0.2) is 13.9 Å². The highest BCUT2D eigenvalue weighted by atomic mass is 79.9. The number of nitrogens with one attached hydrogen (secondary N) is 2. The Morgan fingerprint density at radius 1 is 1.34 bits per heavy atom. The molecular weight excluding hydrogens is 462 g/mol. The average Bonchev–Trinajstić information content (AvgIpc) is 3.46. The van der Waals surface area contributed by atoms with Crippen LogP contribution in [0.1, 0.15) is 28.8 Å². The molecule has 1 aliphatic carbocycles. The van der Waals surface area contributed by atoms with Gasteiger partial charge in [-0.05, 0) is 43.9 Å². The van der Waals surface area contributed by atoms with Crippen molar-refractivity contribution in [3.05, 3.63) is 50.3 Å². The van der Waals surface area contributed by atoms with Gasteiger partial charge in [0.05, 0.1) is 28.4 Å². The molecule has 10 heteroatoms. The lowest BCUT2D eigenvalue weighted by Crippen LogP contribution is -2.29. The molecule has 8 nitrogen and oxygen atoms in total. The second kappa shape index (κ2) is 8.29. The molecule has 0 spiro atoms. The summed E-state index contributed by atoms with van der Waals surface area (Å²) < 4.78 is 26.3. The number of carbonyl (C=O) groups excluding carboxylic acids is 1. The van der Waals surface area contributed by atoms with Crippen LogP contribution in [-0.4, -0.2) is 31.8 Å². The third kappa shape index (κ3) is 5.06. The zero-order chi connectivity index (χ0) is 21.3. The van der Waals surface area contributed by atoms with E-state index in [-0.39, 0.29) is 33.0 Å². The molecule has 1 aromatic heterocycles. The van der Waals surface area contributed by atoms with Crippen LogP contribution >= 0.6 is 15.9 Å². The van der Waals surface area contributed by atoms with Crippen LogP contribution in [0.2, 0.25) is 0 Å². The number of aromatic nitrogens is 1. The molecule has 1 heterocycles. The smallest absolute Gasteiger partial charge is 0.278 e. The maximum Gasteiger partial charge on any atom is 0.278 e. The van der Waals surface area contributed by atoms with Gasteiger partial charge in [-0.3, -0.25) is 14.4 Å². The van der Waals surface area contributed by atoms with Gasteiger partial charge in [0, 0.05) is 29.5 Å². The van der Waals surface area contributed by atoms with E-state index in [9.17, 15) is 18.0 Å². The molecule has 0 radical (unpaired) electrons. The lowest BCUT2D eigenvalue weighted by atomic mass is 10.1. The summed E-state index contributed by atoms with van der Waals surface area (Å²) in [7, 11) is -2.01. The number of carbonyl (C=O) groups is 1. The first-order valence-electron chi connectivity index (χ1n) is 8.97. The van der Waals surface area contributed by atoms with Crippen molar-refractivity contribution in [1.29, 1.82) is 0 Å². The van der Waals surface area contributed by atoms with Gasteiger partial charge in [-0.2, -0.15) is 0 Å². The maximum atomic E-state index is 12.7. The first kappa shape index (κ1) is 21.5. The van der Waals surface area contributed by atoms with E-state index >= 15 is 0 Å². The third-order valence-corrected chi connectivity index (χ3v) is 6.27. The molecule has 1 saturated carbocycles. The molecule has 2 N–H and O–H groups in total. The van der Waals surface area contributed by atoms with Crippen LogP contribution in [0, 0.1) is 12.8 Å². The van der Waals surface area contributed by atoms with Gasteiger partial charge in [0.15, 0.2) is 9.84 Å². The standard InChI is InChI=1S/C19H22BrN3O5S/c1-11-17(21-15-7-6-13(20)8-16(15)29(3,26)27)14(9-23(2)19(11)25)18(24)22-28-10-12-4-5-12/h6-9,12,21H,4-5,10H2,1-3H3,(H,22,24). The normalized spacial score (nSPS) is 13.9. The Morgan fingerprint density at radius 3 is 2.66 bits per heavy atom. The topological polar surface area (TPSA) is 106 Å². The molecule has 1 aliphatic rings. The monoisotopic (exact) mass is 483 g/mol. The zero-order valence-corrected chi connectivity index (χ0v) is 18.7. The van der Waals surface area contributed by atoms with Crippen LogP contribution in [0.15, 0.2) is 38.6 Å². The van der Waals surface area contributed by atoms with Crippen molar-refractivity contribution >= 4 is 43.0 Å². The summed E-state index contributed by atoms with van der Waals surface area (Å²) in [6, 6.07) is 4.71. The maximum absolute atomic E-state index is 12.7. The van der Waals surface area contributed by atoms with Gasteiger partial charge in [-0.1, -0.05) is 15.9 Å². The summed E-state index contributed by atoms with van der Waals surface area (Å²) in [5.74, 6) is -0.0558. The molecule has 0 bridgehead atoms. The average molecular weight is 484 g/mol. The highest BCUT2D eigenvalue weighted by Gasteiger charge is 2.24. The first-order chi connectivity index (χ1) is 13.6. The lowest BCUT2D eigenvalue weighted by Gasteiger charge is -2.18. The van der Waals surface area contributed by atoms with Gasteiger partial charge in [0.2, 0.25) is 0 Å². The number of pyridine rings is 1. The van der Waals surface area contributed by atoms with Crippen LogP contribution in [0.25, 0.3) is 0 Å². The van der Waals surface area contributed by atoms with E-state index in [1.165, 1.54) is 16.8 Å². The van der Waals surface area contributed by atoms with Crippen molar-refractivity contribution in [2.24, 2.45) is 13.0 Å². The molecule has 2 aromatic rings. The molecule has 1 amide bonds. The number of hydrogen-bond acceptors (Lipinski definition) is 6. The van der Waals surface area contributed by atoms with E-state index in [4.69, 9.17) is 4.84 Å². The highest BCUT2D eigenvalue weighted by molar-refractivity contribution is 9.10. The van der Waals surface area contributed by atoms with E-state index < -0.39 is 15.7 Å². The van der Waals surface area contributed by atoms with Crippen LogP contribution in [0.5, 0.6) is 0 Å². The van der Waals surface area contributed by atoms with Gasteiger partial charge < -0.3 is 9.88 Å². The molecule has 0 atom stereocenters. The van der Waals surface area contributed by atoms with Crippen molar-refractivity contribution in [3.63, 3.8) is 0 Å². The van der Waals surface area contributed by atoms with E-state index in [0.29, 0.717) is 17.0 Å². The molecule has 29 heavy (non-hydrogen) atoms. The molecule has 156 valence electrons. The summed E-state index contributed by atoms with van der Waals surface area (Å²) in [6.45, 7) is 2.01. The summed E-state index contributed by atoms with van der Waals surface area (Å²) in [5.41, 5.74) is 3.04. The van der Waals surface area contributed by atoms with E-state index in [0.717, 1.165) is 19.1 Å². The number of anilines is 2. The Labute approximate surface area is 177 Å². The van der Waals surface area contributed by atoms with E-state index in [2.05, 4.69) is 26.7 Å². The summed E-state index contributed by atoms with van der Waals surface area (Å²) in [5, 5.41) is 2.97. The Kier molecular flexibility index (Phi) is 6.16. The Balaban J connectivity index is 2.01. The second-order valence-electron chi connectivity index (χ2n) is 7.18. The number of hydrogen-bond donors (Lipinski definition) is 2. The van der Waals surface area contributed by atoms with Crippen LogP contribution in [0.3, 0.4) is 0 Å². The fourth-order valence-corrected chi connectivity index (χ4v) is 4.20. The Bertz CT molecular complexity index is 1120. The second-order valence-corrected chi connectivity index (χ2v) is 10.1. The number of nitrogens with zero attached hydrogens (tertiary/aromatic N) is 1. The van der Waals surface area contributed by atoms with E-state index in [1.807, 2.05) is 0 Å². The molecule has 3 rings (SSSR count). The van der Waals surface area contributed by atoms with Crippen molar-refractivity contribution in [2.45, 2.75) is 24.7 Å². The number of sulfone groups is 1. The van der Waals surface area contributed by atoms with Crippen molar-refractivity contribution < 1.29 is 18.0 Å². The van der Waals surface area contributed by atoms with Gasteiger partial charge in [-0.15, -0.1) is 0 Å². The number of halogens is 1. The number of amides is 1. The van der Waals surface area contributed by atoms with Crippen molar-refractivity contribution in [3.8, 4) is 0 Å². The lowest BCUT2D eigenvalue weighted by molar-refractivity contribution is 0.0270. The number of hydroxylamine groups is 1. The van der Waals surface area contributed by atoms with Crippen molar-refractivity contribution in [2.75, 3.05) is 18.2 Å². The van der Waals surface area contributed by atoms with Crippen LogP contribution < -0.4 is 16.4 Å². The predicted molar refractivity (Wildman–Crippen MR) is 113 cm³/mol. The summed E-state index contributed by atoms with van der Waals surface area (Å²) in [6.07, 6.45) is 4.65. The third-order valence-electron chi connectivity index (χ3n) is 4.64. The molecule has 1 aromatic carbocycles. The minimum absolute atomic E-state index is 0.0447. The minimum atomic E-state index is -3.56. The number of rotatable bonds is 7. The fraction of sp³-hybridized carbons (Fsp3) is 0.368. The van der Waals surface area contributed by atoms with Crippen LogP contribution in [-0.2, 0) is 21.7 Å². The number of benzene rings is 1. The molecular formula is C19H22BrN3O5S. The molecule has 0 saturated heterocycles. The minimum Gasteiger partial charge on any atom is -0.353 e. The van der Waals surface area contributed by atoms with Crippen molar-refractivity contribution in [1.82, 2.24) is 10.0 Å². The van der Waals surface area contributed by atoms with Gasteiger partial charge in [0.25, 0.3) is 11.5 Å². The summed E-state index contributed by atoms with van der Waals surface area (Å²) >= 11 is 3.27. The molecule has 0 aliphatic heterocycles. The van der Waals surface area contributed by atoms with E-state index in [1.54, 1.807) is 26.1 Å². The largest absolute Gasteiger partial charge is 0.353 e. The Morgan fingerprint density at radius 2 is 2.03 bits per heavy atom. The SMILES string of the molecule is Cc1c(Nc2ccc(Br)cc2S(C)(=O)=O)c(C(=O)NOCC2CC2)cn(C)c1=O. The fourth-order valence-electron chi connectivity index (χ4n) is 2.83. The van der Waals surface area contributed by atoms with Crippen LogP contribution in [0.4, 0.5) is 11.4 Å². The predicted octanol–water partition coefficient (Wildman–Crippen LogP) is 2.67. The first-order valence-corrected chi connectivity index (χ1v) is 11.7. The number of aryl methyl sites for hydroxylation is 1. The zero-order valence-electron chi connectivity index (χ0n) is 16.3. The Hall–Kier alpha value is -2.17. The molecule has 0 unspecified atom stereocenters. The quantitative estimate of drug-likeness (QED) is 0.586. The van der Waals surface area contributed by atoms with Gasteiger partial charge >= 0.3 is 0 Å².